The summed E-state index contributed by atoms with van der Waals surface area (Å²) < 4.78 is 28.3. The van der Waals surface area contributed by atoms with Crippen molar-refractivity contribution in [3.05, 3.63) is 71.8 Å². The molecule has 0 saturated carbocycles. The number of benzene rings is 3. The van der Waals surface area contributed by atoms with Crippen molar-refractivity contribution in [2.24, 2.45) is 0 Å². The number of carbonyl (C=O) groups is 2. The Bertz CT molecular complexity index is 1460. The molecule has 0 amide bonds. The minimum Gasteiger partial charge on any atom is -0.496 e. The molecule has 0 aliphatic heterocycles. The summed E-state index contributed by atoms with van der Waals surface area (Å²) in [5.41, 5.74) is 1.84. The number of carboxylic acids is 1. The monoisotopic (exact) mass is 534 g/mol. The molecule has 8 nitrogen and oxygen atoms in total. The molecule has 1 heterocycles. The number of ketones is 1. The van der Waals surface area contributed by atoms with Gasteiger partial charge in [-0.3, -0.25) is 4.79 Å². The quantitative estimate of drug-likeness (QED) is 0.186. The second-order valence-corrected chi connectivity index (χ2v) is 9.12. The SMILES string of the molecule is COc1cc(OC)c(-c2cc3ccccc3s2)cc1C=CC(=O)c1cc(OC)c(OCC(=O)O)c(OC)c1. The van der Waals surface area contributed by atoms with Crippen molar-refractivity contribution in [3.8, 4) is 39.2 Å². The van der Waals surface area contributed by atoms with Gasteiger partial charge in [-0.1, -0.05) is 18.2 Å². The second-order valence-electron chi connectivity index (χ2n) is 8.03. The predicted octanol–water partition coefficient (Wildman–Crippen LogP) is 5.96. The molecular weight excluding hydrogens is 508 g/mol. The molecule has 1 aromatic heterocycles. The van der Waals surface area contributed by atoms with E-state index in [1.807, 2.05) is 18.2 Å². The third kappa shape index (κ3) is 5.57. The van der Waals surface area contributed by atoms with E-state index in [9.17, 15) is 9.59 Å². The second kappa shape index (κ2) is 11.7. The summed E-state index contributed by atoms with van der Waals surface area (Å²) in [6.45, 7) is -0.584. The Morgan fingerprint density at radius 1 is 0.842 bits per heavy atom. The maximum absolute atomic E-state index is 13.1. The maximum atomic E-state index is 13.1. The van der Waals surface area contributed by atoms with E-state index in [1.165, 1.54) is 32.4 Å². The highest BCUT2D eigenvalue weighted by atomic mass is 32.1. The Morgan fingerprint density at radius 2 is 1.50 bits per heavy atom. The Hall–Kier alpha value is -4.50. The number of fused-ring (bicyclic) bond motifs is 1. The molecule has 4 rings (SSSR count). The molecule has 38 heavy (non-hydrogen) atoms. The van der Waals surface area contributed by atoms with Gasteiger partial charge < -0.3 is 28.8 Å². The summed E-state index contributed by atoms with van der Waals surface area (Å²) in [5.74, 6) is 0.176. The van der Waals surface area contributed by atoms with Gasteiger partial charge in [0.15, 0.2) is 23.9 Å². The van der Waals surface area contributed by atoms with E-state index in [0.717, 1.165) is 20.5 Å². The standard InChI is InChI=1S/C29H26O8S/c1-33-22-15-23(34-2)20(27-14-18-7-5-6-8-26(18)38-27)11-17(22)9-10-21(30)19-12-24(35-3)29(25(13-19)36-4)37-16-28(31)32/h5-15H,16H2,1-4H3,(H,31,32). The van der Waals surface area contributed by atoms with Gasteiger partial charge in [0.05, 0.1) is 28.4 Å². The molecule has 0 spiro atoms. The fraction of sp³-hybridized carbons (Fsp3) is 0.172. The Kier molecular flexibility index (Phi) is 8.18. The summed E-state index contributed by atoms with van der Waals surface area (Å²) in [5, 5.41) is 10.1. The van der Waals surface area contributed by atoms with Gasteiger partial charge in [0.25, 0.3) is 0 Å². The van der Waals surface area contributed by atoms with Crippen molar-refractivity contribution in [2.45, 2.75) is 0 Å². The van der Waals surface area contributed by atoms with E-state index < -0.39 is 12.6 Å². The van der Waals surface area contributed by atoms with E-state index in [4.69, 9.17) is 28.8 Å². The molecule has 196 valence electrons. The highest BCUT2D eigenvalue weighted by Gasteiger charge is 2.19. The molecular formula is C29H26O8S. The molecule has 0 aliphatic carbocycles. The highest BCUT2D eigenvalue weighted by Crippen LogP contribution is 2.42. The van der Waals surface area contributed by atoms with Crippen LogP contribution in [-0.2, 0) is 4.79 Å². The highest BCUT2D eigenvalue weighted by molar-refractivity contribution is 7.22. The zero-order valence-electron chi connectivity index (χ0n) is 21.3. The summed E-state index contributed by atoms with van der Waals surface area (Å²) in [6, 6.07) is 16.9. The first kappa shape index (κ1) is 26.6. The van der Waals surface area contributed by atoms with Crippen molar-refractivity contribution in [2.75, 3.05) is 35.0 Å². The largest absolute Gasteiger partial charge is 0.496 e. The van der Waals surface area contributed by atoms with E-state index >= 15 is 0 Å². The predicted molar refractivity (Wildman–Crippen MR) is 146 cm³/mol. The fourth-order valence-corrected chi connectivity index (χ4v) is 5.00. The van der Waals surface area contributed by atoms with Gasteiger partial charge in [0, 0.05) is 32.3 Å². The number of rotatable bonds is 11. The number of carboxylic acid groups (broad SMARTS) is 1. The van der Waals surface area contributed by atoms with Crippen LogP contribution in [0, 0.1) is 0 Å². The maximum Gasteiger partial charge on any atom is 0.341 e. The lowest BCUT2D eigenvalue weighted by Crippen LogP contribution is -2.11. The smallest absolute Gasteiger partial charge is 0.341 e. The van der Waals surface area contributed by atoms with Crippen molar-refractivity contribution in [3.63, 3.8) is 0 Å². The molecule has 0 radical (unpaired) electrons. The van der Waals surface area contributed by atoms with Gasteiger partial charge in [-0.05, 0) is 47.9 Å². The van der Waals surface area contributed by atoms with Crippen LogP contribution < -0.4 is 23.7 Å². The van der Waals surface area contributed by atoms with Crippen molar-refractivity contribution in [1.29, 1.82) is 0 Å². The molecule has 0 bridgehead atoms. The van der Waals surface area contributed by atoms with Crippen molar-refractivity contribution < 1.29 is 38.4 Å². The van der Waals surface area contributed by atoms with Gasteiger partial charge in [-0.15, -0.1) is 11.3 Å². The average molecular weight is 535 g/mol. The zero-order chi connectivity index (χ0) is 27.2. The van der Waals surface area contributed by atoms with Crippen LogP contribution >= 0.6 is 11.3 Å². The summed E-state index contributed by atoms with van der Waals surface area (Å²) >= 11 is 1.65. The molecule has 9 heteroatoms. The van der Waals surface area contributed by atoms with Crippen LogP contribution in [0.2, 0.25) is 0 Å². The van der Waals surface area contributed by atoms with Gasteiger partial charge >= 0.3 is 5.97 Å². The van der Waals surface area contributed by atoms with Gasteiger partial charge in [0.1, 0.15) is 11.5 Å². The lowest BCUT2D eigenvalue weighted by molar-refractivity contribution is -0.139. The third-order valence-electron chi connectivity index (χ3n) is 5.74. The van der Waals surface area contributed by atoms with Crippen LogP contribution in [0.4, 0.5) is 0 Å². The Labute approximate surface area is 223 Å². The van der Waals surface area contributed by atoms with Crippen LogP contribution in [0.1, 0.15) is 15.9 Å². The number of allylic oxidation sites excluding steroid dienone is 1. The van der Waals surface area contributed by atoms with Gasteiger partial charge in [-0.2, -0.15) is 0 Å². The lowest BCUT2D eigenvalue weighted by atomic mass is 10.0. The van der Waals surface area contributed by atoms with Crippen LogP contribution in [0.5, 0.6) is 28.7 Å². The van der Waals surface area contributed by atoms with E-state index in [1.54, 1.807) is 37.7 Å². The summed E-state index contributed by atoms with van der Waals surface area (Å²) in [7, 11) is 5.95. The van der Waals surface area contributed by atoms with E-state index in [2.05, 4.69) is 18.2 Å². The first-order chi connectivity index (χ1) is 18.4. The van der Waals surface area contributed by atoms with Gasteiger partial charge in [-0.25, -0.2) is 4.79 Å². The average Bonchev–Trinajstić information content (AvgIpc) is 3.37. The Morgan fingerprint density at radius 3 is 2.11 bits per heavy atom. The molecule has 3 aromatic carbocycles. The minimum atomic E-state index is -1.15. The minimum absolute atomic E-state index is 0.0997. The third-order valence-corrected chi connectivity index (χ3v) is 6.89. The van der Waals surface area contributed by atoms with Crippen LogP contribution in [0.3, 0.4) is 0 Å². The summed E-state index contributed by atoms with van der Waals surface area (Å²) in [6.07, 6.45) is 3.09. The zero-order valence-corrected chi connectivity index (χ0v) is 22.1. The van der Waals surface area contributed by atoms with Crippen LogP contribution in [-0.4, -0.2) is 51.9 Å². The molecule has 4 aromatic rings. The van der Waals surface area contributed by atoms with Crippen molar-refractivity contribution in [1.82, 2.24) is 0 Å². The summed E-state index contributed by atoms with van der Waals surface area (Å²) in [4.78, 5) is 25.1. The number of hydrogen-bond donors (Lipinski definition) is 1. The molecule has 0 atom stereocenters. The molecule has 1 N–H and O–H groups in total. The normalized spacial score (nSPS) is 10.9. The molecule has 0 saturated heterocycles. The molecule has 0 fully saturated rings. The number of hydrogen-bond acceptors (Lipinski definition) is 8. The van der Waals surface area contributed by atoms with Gasteiger partial charge in [0.2, 0.25) is 5.75 Å². The topological polar surface area (TPSA) is 101 Å². The van der Waals surface area contributed by atoms with Crippen molar-refractivity contribution >= 4 is 39.3 Å². The Balaban J connectivity index is 1.70. The van der Waals surface area contributed by atoms with Crippen LogP contribution in [0.15, 0.2) is 60.7 Å². The molecule has 0 unspecified atom stereocenters. The number of ether oxygens (including phenoxy) is 5. The number of thiophene rings is 1. The lowest BCUT2D eigenvalue weighted by Gasteiger charge is -2.14. The van der Waals surface area contributed by atoms with Crippen LogP contribution in [0.25, 0.3) is 26.6 Å². The molecule has 0 aliphatic rings. The van der Waals surface area contributed by atoms with E-state index in [0.29, 0.717) is 17.1 Å². The fourth-order valence-electron chi connectivity index (χ4n) is 3.92. The number of aliphatic carboxylic acids is 1. The first-order valence-corrected chi connectivity index (χ1v) is 12.3. The first-order valence-electron chi connectivity index (χ1n) is 11.5. The number of methoxy groups -OCH3 is 4. The van der Waals surface area contributed by atoms with E-state index in [-0.39, 0.29) is 28.6 Å². The number of carbonyl (C=O) groups excluding carboxylic acids is 1.